The normalized spacial score (nSPS) is 18.2. The Kier molecular flexibility index (Phi) is 4.85. The number of nitrogens with zero attached hydrogens (tertiary/aromatic N) is 5. The van der Waals surface area contributed by atoms with E-state index in [-0.39, 0.29) is 11.0 Å². The van der Waals surface area contributed by atoms with Crippen molar-refractivity contribution in [1.29, 1.82) is 0 Å². The lowest BCUT2D eigenvalue weighted by atomic mass is 9.69. The highest BCUT2D eigenvalue weighted by molar-refractivity contribution is 5.60. The van der Waals surface area contributed by atoms with Crippen molar-refractivity contribution < 1.29 is 4.39 Å². The fourth-order valence-electron chi connectivity index (χ4n) is 5.22. The van der Waals surface area contributed by atoms with Crippen LogP contribution < -0.4 is 10.5 Å². The first-order valence-corrected chi connectivity index (χ1v) is 10.7. The molecule has 31 heavy (non-hydrogen) atoms. The number of pyridine rings is 1. The van der Waals surface area contributed by atoms with Crippen molar-refractivity contribution in [2.45, 2.75) is 24.8 Å². The van der Waals surface area contributed by atoms with Gasteiger partial charge < -0.3 is 9.80 Å². The summed E-state index contributed by atoms with van der Waals surface area (Å²) in [5.74, 6) is 0.111. The van der Waals surface area contributed by atoms with Crippen LogP contribution in [0.15, 0.2) is 53.6 Å². The highest BCUT2D eigenvalue weighted by Crippen LogP contribution is 2.42. The van der Waals surface area contributed by atoms with Gasteiger partial charge in [0.2, 0.25) is 5.95 Å². The number of halogens is 1. The van der Waals surface area contributed by atoms with Crippen LogP contribution in [0.4, 0.5) is 10.3 Å². The number of likely N-dealkylation sites (N-methyl/N-ethyl adjacent to an activating group) is 1. The first-order chi connectivity index (χ1) is 15.0. The Bertz CT molecular complexity index is 1180. The van der Waals surface area contributed by atoms with Gasteiger partial charge in [-0.25, -0.2) is 9.37 Å². The van der Waals surface area contributed by atoms with Crippen LogP contribution >= 0.6 is 0 Å². The molecule has 0 N–H and O–H groups in total. The molecule has 0 aliphatic carbocycles. The van der Waals surface area contributed by atoms with Gasteiger partial charge in [0.25, 0.3) is 5.56 Å². The lowest BCUT2D eigenvalue weighted by molar-refractivity contribution is 0.180. The second-order valence-corrected chi connectivity index (χ2v) is 8.79. The third kappa shape index (κ3) is 3.43. The predicted molar refractivity (Wildman–Crippen MR) is 119 cm³/mol. The molecule has 0 bridgehead atoms. The number of piperidine rings is 1. The van der Waals surface area contributed by atoms with E-state index >= 15 is 0 Å². The van der Waals surface area contributed by atoms with E-state index in [0.29, 0.717) is 17.2 Å². The lowest BCUT2D eigenvalue weighted by Crippen LogP contribution is -2.51. The maximum Gasteiger partial charge on any atom is 0.255 e. The summed E-state index contributed by atoms with van der Waals surface area (Å²) in [5, 5.41) is 0. The van der Waals surface area contributed by atoms with Gasteiger partial charge in [0.05, 0.1) is 11.9 Å². The first-order valence-electron chi connectivity index (χ1n) is 10.7. The number of hydrogen-bond donors (Lipinski definition) is 0. The van der Waals surface area contributed by atoms with Gasteiger partial charge in [-0.1, -0.05) is 24.3 Å². The maximum absolute atomic E-state index is 14.3. The van der Waals surface area contributed by atoms with Gasteiger partial charge in [0.15, 0.2) is 5.82 Å². The van der Waals surface area contributed by atoms with Crippen LogP contribution in [0.2, 0.25) is 0 Å². The summed E-state index contributed by atoms with van der Waals surface area (Å²) in [6.07, 6.45) is 4.63. The molecule has 2 aliphatic rings. The van der Waals surface area contributed by atoms with Crippen LogP contribution in [-0.2, 0) is 19.0 Å². The zero-order valence-corrected chi connectivity index (χ0v) is 17.9. The summed E-state index contributed by atoms with van der Waals surface area (Å²) in [7, 11) is 3.91. The number of benzene rings is 1. The second-order valence-electron chi connectivity index (χ2n) is 8.79. The Hall–Kier alpha value is -3.06. The summed E-state index contributed by atoms with van der Waals surface area (Å²) in [5.41, 5.74) is 3.44. The summed E-state index contributed by atoms with van der Waals surface area (Å²) in [6.45, 7) is 3.61. The number of hydrogen-bond acceptors (Lipinski definition) is 5. The molecule has 0 amide bonds. The molecular formula is C24H26FN5O. The minimum absolute atomic E-state index is 0.119. The largest absolute Gasteiger partial charge is 0.342 e. The molecule has 7 heteroatoms. The summed E-state index contributed by atoms with van der Waals surface area (Å²) < 4.78 is 15.8. The molecule has 0 radical (unpaired) electrons. The van der Waals surface area contributed by atoms with Crippen molar-refractivity contribution in [3.8, 4) is 11.3 Å². The van der Waals surface area contributed by atoms with Crippen molar-refractivity contribution in [2.75, 3.05) is 31.6 Å². The fourth-order valence-corrected chi connectivity index (χ4v) is 5.22. The van der Waals surface area contributed by atoms with E-state index in [1.165, 1.54) is 23.4 Å². The number of fused-ring (bicyclic) bond motifs is 2. The Balaban J connectivity index is 1.47. The highest BCUT2D eigenvalue weighted by atomic mass is 19.1. The molecule has 6 nitrogen and oxygen atoms in total. The monoisotopic (exact) mass is 419 g/mol. The van der Waals surface area contributed by atoms with Crippen LogP contribution in [0.3, 0.4) is 0 Å². The van der Waals surface area contributed by atoms with E-state index in [4.69, 9.17) is 4.98 Å². The molecule has 4 heterocycles. The SMILES string of the molecule is CN1Cc2ccccc2C2(CCN(c3nc(-c4ccncc4F)cc(=O)n3C)CC2)C1. The topological polar surface area (TPSA) is 54.3 Å². The van der Waals surface area contributed by atoms with E-state index in [1.54, 1.807) is 17.7 Å². The van der Waals surface area contributed by atoms with Gasteiger partial charge in [0, 0.05) is 56.5 Å². The van der Waals surface area contributed by atoms with Gasteiger partial charge in [-0.05, 0) is 37.1 Å². The molecular weight excluding hydrogens is 393 g/mol. The van der Waals surface area contributed by atoms with Crippen LogP contribution in [0.5, 0.6) is 0 Å². The molecule has 1 fully saturated rings. The van der Waals surface area contributed by atoms with Crippen molar-refractivity contribution in [3.05, 3.63) is 76.1 Å². The molecule has 1 spiro atoms. The Morgan fingerprint density at radius 1 is 1.10 bits per heavy atom. The number of aromatic nitrogens is 3. The van der Waals surface area contributed by atoms with Crippen molar-refractivity contribution in [2.24, 2.45) is 7.05 Å². The van der Waals surface area contributed by atoms with Crippen molar-refractivity contribution in [1.82, 2.24) is 19.4 Å². The molecule has 1 saturated heterocycles. The molecule has 160 valence electrons. The number of rotatable bonds is 2. The van der Waals surface area contributed by atoms with E-state index in [0.717, 1.165) is 45.2 Å². The fraction of sp³-hybridized carbons (Fsp3) is 0.375. The summed E-state index contributed by atoms with van der Waals surface area (Å²) in [6, 6.07) is 11.7. The average Bonchev–Trinajstić information content (AvgIpc) is 2.77. The summed E-state index contributed by atoms with van der Waals surface area (Å²) in [4.78, 5) is 25.7. The maximum atomic E-state index is 14.3. The molecule has 0 saturated carbocycles. The van der Waals surface area contributed by atoms with E-state index in [9.17, 15) is 9.18 Å². The molecule has 5 rings (SSSR count). The molecule has 2 aromatic heterocycles. The highest BCUT2D eigenvalue weighted by Gasteiger charge is 2.41. The number of anilines is 1. The zero-order valence-electron chi connectivity index (χ0n) is 17.9. The average molecular weight is 420 g/mol. The lowest BCUT2D eigenvalue weighted by Gasteiger charge is -2.48. The molecule has 3 aromatic rings. The smallest absolute Gasteiger partial charge is 0.255 e. The van der Waals surface area contributed by atoms with Gasteiger partial charge in [-0.2, -0.15) is 0 Å². The van der Waals surface area contributed by atoms with Crippen LogP contribution in [-0.4, -0.2) is 46.1 Å². The second kappa shape index (κ2) is 7.57. The van der Waals surface area contributed by atoms with Gasteiger partial charge in [-0.3, -0.25) is 14.3 Å². The van der Waals surface area contributed by atoms with Gasteiger partial charge in [0.1, 0.15) is 0 Å². The van der Waals surface area contributed by atoms with E-state index < -0.39 is 5.82 Å². The van der Waals surface area contributed by atoms with Crippen LogP contribution in [0.25, 0.3) is 11.3 Å². The van der Waals surface area contributed by atoms with Gasteiger partial charge >= 0.3 is 0 Å². The molecule has 0 atom stereocenters. The third-order valence-corrected chi connectivity index (χ3v) is 6.76. The Labute approximate surface area is 181 Å². The van der Waals surface area contributed by atoms with Gasteiger partial charge in [-0.15, -0.1) is 0 Å². The third-order valence-electron chi connectivity index (χ3n) is 6.76. The predicted octanol–water partition coefficient (Wildman–Crippen LogP) is 2.97. The Morgan fingerprint density at radius 3 is 2.65 bits per heavy atom. The first kappa shape index (κ1) is 19.9. The summed E-state index contributed by atoms with van der Waals surface area (Å²) >= 11 is 0. The quantitative estimate of drug-likeness (QED) is 0.639. The molecule has 0 unspecified atom stereocenters. The zero-order chi connectivity index (χ0) is 21.6. The standard InChI is InChI=1S/C24H26FN5O/c1-28-15-17-5-3-4-6-19(17)24(16-28)8-11-30(12-9-24)23-27-21(13-22(31)29(23)2)18-7-10-26-14-20(18)25/h3-7,10,13-14H,8-9,11-12,15-16H2,1-2H3. The van der Waals surface area contributed by atoms with Crippen LogP contribution in [0, 0.1) is 5.82 Å². The molecule has 2 aliphatic heterocycles. The van der Waals surface area contributed by atoms with E-state index in [1.807, 2.05) is 0 Å². The van der Waals surface area contributed by atoms with Crippen molar-refractivity contribution in [3.63, 3.8) is 0 Å². The van der Waals surface area contributed by atoms with Crippen molar-refractivity contribution >= 4 is 5.95 Å². The van der Waals surface area contributed by atoms with Crippen LogP contribution in [0.1, 0.15) is 24.0 Å². The minimum Gasteiger partial charge on any atom is -0.342 e. The minimum atomic E-state index is -0.478. The Morgan fingerprint density at radius 2 is 1.87 bits per heavy atom. The molecule has 1 aromatic carbocycles. The van der Waals surface area contributed by atoms with E-state index in [2.05, 4.69) is 46.1 Å².